The molecule has 35 heavy (non-hydrogen) atoms. The van der Waals surface area contributed by atoms with Crippen LogP contribution >= 0.6 is 0 Å². The third kappa shape index (κ3) is 4.30. The van der Waals surface area contributed by atoms with Gasteiger partial charge in [0, 0.05) is 11.6 Å². The zero-order valence-electron chi connectivity index (χ0n) is 19.2. The molecule has 1 amide bonds. The van der Waals surface area contributed by atoms with Crippen LogP contribution in [-0.4, -0.2) is 35.1 Å². The van der Waals surface area contributed by atoms with E-state index < -0.39 is 29.3 Å². The van der Waals surface area contributed by atoms with Crippen molar-refractivity contribution in [3.63, 3.8) is 0 Å². The number of hydrogen-bond acceptors (Lipinski definition) is 6. The molecule has 1 saturated heterocycles. The van der Waals surface area contributed by atoms with E-state index in [1.165, 1.54) is 36.4 Å². The highest BCUT2D eigenvalue weighted by atomic mass is 19.1. The number of rotatable bonds is 7. The molecule has 1 aliphatic heterocycles. The molecule has 7 nitrogen and oxygen atoms in total. The zero-order chi connectivity index (χ0) is 25.1. The Bertz CT molecular complexity index is 1320. The van der Waals surface area contributed by atoms with Crippen molar-refractivity contribution in [2.24, 2.45) is 0 Å². The molecule has 4 rings (SSSR count). The number of ether oxygens (including phenoxy) is 2. The van der Waals surface area contributed by atoms with Gasteiger partial charge in [-0.3, -0.25) is 14.5 Å². The van der Waals surface area contributed by atoms with Gasteiger partial charge in [-0.1, -0.05) is 30.3 Å². The molecule has 1 atom stereocenters. The first-order chi connectivity index (χ1) is 16.9. The summed E-state index contributed by atoms with van der Waals surface area (Å²) >= 11 is 0. The van der Waals surface area contributed by atoms with E-state index in [-0.39, 0.29) is 40.5 Å². The van der Waals surface area contributed by atoms with E-state index >= 15 is 4.39 Å². The summed E-state index contributed by atoms with van der Waals surface area (Å²) in [6.07, 6.45) is 0. The van der Waals surface area contributed by atoms with Gasteiger partial charge < -0.3 is 19.7 Å². The Morgan fingerprint density at radius 1 is 0.971 bits per heavy atom. The van der Waals surface area contributed by atoms with Gasteiger partial charge in [0.25, 0.3) is 11.7 Å². The standard InChI is InChI=1S/C27H24FNO6/c1-3-34-16-13-14-18(22(15-16)35-4-2)25(31)23-24(17-9-5-6-10-19(17)28)29(27(33)26(23)32)20-11-7-8-12-21(20)30/h5-15,24,30-31H,3-4H2,1-2H3/b25-23+. The van der Waals surface area contributed by atoms with Gasteiger partial charge in [0.15, 0.2) is 0 Å². The molecule has 8 heteroatoms. The van der Waals surface area contributed by atoms with Crippen molar-refractivity contribution < 1.29 is 33.7 Å². The highest BCUT2D eigenvalue weighted by Gasteiger charge is 2.48. The van der Waals surface area contributed by atoms with Crippen LogP contribution in [0.15, 0.2) is 72.3 Å². The van der Waals surface area contributed by atoms with E-state index in [4.69, 9.17) is 9.47 Å². The molecule has 1 aliphatic rings. The summed E-state index contributed by atoms with van der Waals surface area (Å²) in [4.78, 5) is 27.5. The third-order valence-corrected chi connectivity index (χ3v) is 5.60. The number of ketones is 1. The number of Topliss-reactive ketones (excluding diaryl/α,β-unsaturated/α-hetero) is 1. The van der Waals surface area contributed by atoms with Crippen LogP contribution in [0.25, 0.3) is 5.76 Å². The van der Waals surface area contributed by atoms with Crippen molar-refractivity contribution in [3.05, 3.63) is 89.2 Å². The van der Waals surface area contributed by atoms with Crippen molar-refractivity contribution in [1.82, 2.24) is 0 Å². The topological polar surface area (TPSA) is 96.3 Å². The van der Waals surface area contributed by atoms with E-state index in [2.05, 4.69) is 0 Å². The largest absolute Gasteiger partial charge is 0.507 e. The van der Waals surface area contributed by atoms with Gasteiger partial charge in [-0.05, 0) is 44.2 Å². The molecule has 3 aromatic carbocycles. The predicted octanol–water partition coefficient (Wildman–Crippen LogP) is 4.96. The third-order valence-electron chi connectivity index (χ3n) is 5.60. The molecular weight excluding hydrogens is 453 g/mol. The Labute approximate surface area is 201 Å². The van der Waals surface area contributed by atoms with Crippen LogP contribution in [0.4, 0.5) is 10.1 Å². The summed E-state index contributed by atoms with van der Waals surface area (Å²) < 4.78 is 26.2. The fraction of sp³-hybridized carbons (Fsp3) is 0.185. The number of halogens is 1. The lowest BCUT2D eigenvalue weighted by Crippen LogP contribution is -2.29. The first kappa shape index (κ1) is 23.8. The Balaban J connectivity index is 1.98. The zero-order valence-corrected chi connectivity index (χ0v) is 19.2. The Kier molecular flexibility index (Phi) is 6.73. The molecule has 0 aliphatic carbocycles. The molecule has 1 unspecified atom stereocenters. The lowest BCUT2D eigenvalue weighted by atomic mass is 9.94. The van der Waals surface area contributed by atoms with E-state index in [0.717, 1.165) is 4.90 Å². The summed E-state index contributed by atoms with van der Waals surface area (Å²) in [5.74, 6) is -2.78. The van der Waals surface area contributed by atoms with Gasteiger partial charge in [0.2, 0.25) is 0 Å². The van der Waals surface area contributed by atoms with E-state index in [1.807, 2.05) is 6.92 Å². The van der Waals surface area contributed by atoms with E-state index in [0.29, 0.717) is 12.4 Å². The van der Waals surface area contributed by atoms with Gasteiger partial charge in [0.1, 0.15) is 28.8 Å². The Morgan fingerprint density at radius 2 is 1.66 bits per heavy atom. The Hall–Kier alpha value is -4.33. The molecule has 1 heterocycles. The average molecular weight is 477 g/mol. The number of nitrogens with zero attached hydrogens (tertiary/aromatic N) is 1. The summed E-state index contributed by atoms with van der Waals surface area (Å²) in [6.45, 7) is 4.26. The van der Waals surface area contributed by atoms with Crippen LogP contribution in [-0.2, 0) is 9.59 Å². The fourth-order valence-electron chi connectivity index (χ4n) is 4.11. The van der Waals surface area contributed by atoms with Crippen LogP contribution in [0.3, 0.4) is 0 Å². The number of aliphatic hydroxyl groups is 1. The second-order valence-electron chi connectivity index (χ2n) is 7.70. The minimum atomic E-state index is -1.33. The number of benzene rings is 3. The number of para-hydroxylation sites is 2. The van der Waals surface area contributed by atoms with Crippen LogP contribution in [0.5, 0.6) is 17.2 Å². The van der Waals surface area contributed by atoms with Gasteiger partial charge in [-0.2, -0.15) is 0 Å². The first-order valence-electron chi connectivity index (χ1n) is 11.1. The molecule has 0 bridgehead atoms. The summed E-state index contributed by atoms with van der Waals surface area (Å²) in [7, 11) is 0. The van der Waals surface area contributed by atoms with Gasteiger partial charge in [-0.15, -0.1) is 0 Å². The quantitative estimate of drug-likeness (QED) is 0.284. The molecule has 0 saturated carbocycles. The number of hydrogen-bond donors (Lipinski definition) is 2. The normalized spacial score (nSPS) is 17.0. The number of carbonyl (C=O) groups is 2. The van der Waals surface area contributed by atoms with Crippen molar-refractivity contribution in [2.45, 2.75) is 19.9 Å². The van der Waals surface area contributed by atoms with Gasteiger partial charge >= 0.3 is 0 Å². The number of phenolic OH excluding ortho intramolecular Hbond substituents is 1. The predicted molar refractivity (Wildman–Crippen MR) is 128 cm³/mol. The highest BCUT2D eigenvalue weighted by molar-refractivity contribution is 6.52. The van der Waals surface area contributed by atoms with Crippen molar-refractivity contribution >= 4 is 23.1 Å². The highest BCUT2D eigenvalue weighted by Crippen LogP contribution is 2.46. The summed E-state index contributed by atoms with van der Waals surface area (Å²) in [5.41, 5.74) is -0.181. The molecule has 0 spiro atoms. The maximum atomic E-state index is 15.0. The number of anilines is 1. The maximum absolute atomic E-state index is 15.0. The maximum Gasteiger partial charge on any atom is 0.300 e. The van der Waals surface area contributed by atoms with Crippen molar-refractivity contribution in [3.8, 4) is 17.2 Å². The first-order valence-corrected chi connectivity index (χ1v) is 11.1. The summed E-state index contributed by atoms with van der Waals surface area (Å²) in [5, 5.41) is 21.8. The van der Waals surface area contributed by atoms with Crippen LogP contribution in [0, 0.1) is 5.82 Å². The van der Waals surface area contributed by atoms with Gasteiger partial charge in [-0.25, -0.2) is 4.39 Å². The second kappa shape index (κ2) is 9.89. The molecule has 180 valence electrons. The number of amides is 1. The SMILES string of the molecule is CCOc1ccc(/C(O)=C2\C(=O)C(=O)N(c3ccccc3O)C2c2ccccc2F)c(OCC)c1. The fourth-order valence-corrected chi connectivity index (χ4v) is 4.11. The smallest absolute Gasteiger partial charge is 0.300 e. The van der Waals surface area contributed by atoms with Crippen LogP contribution in [0.1, 0.15) is 31.0 Å². The monoisotopic (exact) mass is 477 g/mol. The molecule has 1 fully saturated rings. The van der Waals surface area contributed by atoms with Crippen molar-refractivity contribution in [2.75, 3.05) is 18.1 Å². The lowest BCUT2D eigenvalue weighted by molar-refractivity contribution is -0.132. The number of aromatic hydroxyl groups is 1. The van der Waals surface area contributed by atoms with E-state index in [1.54, 1.807) is 37.3 Å². The van der Waals surface area contributed by atoms with Crippen LogP contribution in [0.2, 0.25) is 0 Å². The molecular formula is C27H24FNO6. The molecule has 2 N–H and O–H groups in total. The van der Waals surface area contributed by atoms with Crippen LogP contribution < -0.4 is 14.4 Å². The number of carbonyl (C=O) groups excluding carboxylic acids is 2. The number of aliphatic hydroxyl groups excluding tert-OH is 1. The minimum Gasteiger partial charge on any atom is -0.507 e. The minimum absolute atomic E-state index is 0.0126. The second-order valence-corrected chi connectivity index (χ2v) is 7.70. The van der Waals surface area contributed by atoms with Crippen molar-refractivity contribution in [1.29, 1.82) is 0 Å². The Morgan fingerprint density at radius 3 is 2.34 bits per heavy atom. The molecule has 0 aromatic heterocycles. The summed E-state index contributed by atoms with van der Waals surface area (Å²) in [6, 6.07) is 14.9. The number of phenols is 1. The lowest BCUT2D eigenvalue weighted by Gasteiger charge is -2.26. The average Bonchev–Trinajstić information content (AvgIpc) is 3.10. The molecule has 3 aromatic rings. The van der Waals surface area contributed by atoms with E-state index in [9.17, 15) is 19.8 Å². The van der Waals surface area contributed by atoms with Gasteiger partial charge in [0.05, 0.1) is 36.1 Å². The molecule has 0 radical (unpaired) electrons.